The summed E-state index contributed by atoms with van der Waals surface area (Å²) in [5.41, 5.74) is 3.10. The average molecular weight is 349 g/mol. The van der Waals surface area contributed by atoms with Crippen molar-refractivity contribution < 1.29 is 4.79 Å². The van der Waals surface area contributed by atoms with Gasteiger partial charge < -0.3 is 4.90 Å². The maximum absolute atomic E-state index is 12.6. The third-order valence-electron chi connectivity index (χ3n) is 5.15. The van der Waals surface area contributed by atoms with Gasteiger partial charge in [0.25, 0.3) is 0 Å². The van der Waals surface area contributed by atoms with E-state index in [0.29, 0.717) is 12.3 Å². The van der Waals surface area contributed by atoms with E-state index >= 15 is 0 Å². The van der Waals surface area contributed by atoms with Crippen molar-refractivity contribution in [3.05, 3.63) is 54.1 Å². The summed E-state index contributed by atoms with van der Waals surface area (Å²) in [7, 11) is 0. The molecule has 0 saturated carbocycles. The summed E-state index contributed by atoms with van der Waals surface area (Å²) in [5.74, 6) is 0.563. The molecule has 134 valence electrons. The lowest BCUT2D eigenvalue weighted by Gasteiger charge is -2.32. The van der Waals surface area contributed by atoms with E-state index in [9.17, 15) is 4.79 Å². The number of hydrogen-bond donors (Lipinski definition) is 1. The molecule has 1 aliphatic heterocycles. The Morgan fingerprint density at radius 2 is 2.12 bits per heavy atom. The Kier molecular flexibility index (Phi) is 4.91. The number of amides is 1. The van der Waals surface area contributed by atoms with Gasteiger partial charge in [0.2, 0.25) is 5.91 Å². The van der Waals surface area contributed by atoms with Crippen LogP contribution in [-0.4, -0.2) is 44.1 Å². The Labute approximate surface area is 152 Å². The van der Waals surface area contributed by atoms with E-state index in [4.69, 9.17) is 0 Å². The van der Waals surface area contributed by atoms with Crippen molar-refractivity contribution in [1.29, 1.82) is 0 Å². The number of fused-ring (bicyclic) bond motifs is 1. The zero-order valence-corrected chi connectivity index (χ0v) is 14.8. The van der Waals surface area contributed by atoms with Crippen LogP contribution in [0.2, 0.25) is 0 Å². The van der Waals surface area contributed by atoms with Gasteiger partial charge in [0.15, 0.2) is 5.65 Å². The molecule has 0 aromatic carbocycles. The smallest absolute Gasteiger partial charge is 0.222 e. The molecule has 26 heavy (non-hydrogen) atoms. The lowest BCUT2D eigenvalue weighted by atomic mass is 9.93. The van der Waals surface area contributed by atoms with Gasteiger partial charge in [-0.1, -0.05) is 0 Å². The number of likely N-dealkylation sites (tertiary alicyclic amines) is 1. The van der Waals surface area contributed by atoms with Crippen molar-refractivity contribution in [2.45, 2.75) is 38.0 Å². The van der Waals surface area contributed by atoms with E-state index < -0.39 is 0 Å². The van der Waals surface area contributed by atoms with Crippen LogP contribution >= 0.6 is 0 Å². The van der Waals surface area contributed by atoms with Crippen molar-refractivity contribution >= 4 is 16.9 Å². The summed E-state index contributed by atoms with van der Waals surface area (Å²) >= 11 is 0. The molecular formula is C20H23N5O. The number of carbonyl (C=O) groups is 1. The predicted octanol–water partition coefficient (Wildman–Crippen LogP) is 3.08. The van der Waals surface area contributed by atoms with Gasteiger partial charge in [0.1, 0.15) is 0 Å². The van der Waals surface area contributed by atoms with E-state index in [-0.39, 0.29) is 5.91 Å². The monoisotopic (exact) mass is 349 g/mol. The highest BCUT2D eigenvalue weighted by Crippen LogP contribution is 2.30. The quantitative estimate of drug-likeness (QED) is 0.768. The number of aryl methyl sites for hydroxylation is 1. The van der Waals surface area contributed by atoms with Crippen LogP contribution in [-0.2, 0) is 11.2 Å². The molecule has 1 amide bonds. The molecule has 1 fully saturated rings. The molecule has 4 rings (SSSR count). The number of rotatable bonds is 5. The number of pyridine rings is 2. The fraction of sp³-hybridized carbons (Fsp3) is 0.400. The minimum atomic E-state index is 0.255. The Morgan fingerprint density at radius 3 is 3.00 bits per heavy atom. The predicted molar refractivity (Wildman–Crippen MR) is 99.6 cm³/mol. The zero-order chi connectivity index (χ0) is 17.8. The molecule has 6 nitrogen and oxygen atoms in total. The highest BCUT2D eigenvalue weighted by atomic mass is 16.2. The highest BCUT2D eigenvalue weighted by Gasteiger charge is 2.26. The lowest BCUT2D eigenvalue weighted by Crippen LogP contribution is -2.39. The van der Waals surface area contributed by atoms with Gasteiger partial charge in [-0.3, -0.25) is 14.9 Å². The molecule has 4 heterocycles. The van der Waals surface area contributed by atoms with Crippen LogP contribution in [0.25, 0.3) is 11.0 Å². The SMILES string of the molecule is O=C(CCCc1ccncc1)N1CCC[C@@H](c2[nH]nc3ncccc23)C1. The largest absolute Gasteiger partial charge is 0.342 e. The number of carbonyl (C=O) groups excluding carboxylic acids is 1. The molecule has 3 aromatic heterocycles. The van der Waals surface area contributed by atoms with Gasteiger partial charge in [-0.05, 0) is 55.5 Å². The molecule has 6 heteroatoms. The van der Waals surface area contributed by atoms with Gasteiger partial charge in [0.05, 0.1) is 0 Å². The molecule has 0 bridgehead atoms. The summed E-state index contributed by atoms with van der Waals surface area (Å²) in [6.07, 6.45) is 9.86. The van der Waals surface area contributed by atoms with Crippen LogP contribution < -0.4 is 0 Å². The third-order valence-corrected chi connectivity index (χ3v) is 5.15. The summed E-state index contributed by atoms with van der Waals surface area (Å²) in [4.78, 5) is 23.0. The number of aromatic amines is 1. The second-order valence-electron chi connectivity index (χ2n) is 6.90. The van der Waals surface area contributed by atoms with Crippen molar-refractivity contribution in [2.75, 3.05) is 13.1 Å². The Morgan fingerprint density at radius 1 is 1.23 bits per heavy atom. The number of aromatic nitrogens is 4. The van der Waals surface area contributed by atoms with E-state index in [1.54, 1.807) is 18.6 Å². The van der Waals surface area contributed by atoms with Gasteiger partial charge in [0, 0.05) is 55.1 Å². The van der Waals surface area contributed by atoms with Crippen LogP contribution in [0.15, 0.2) is 42.9 Å². The Hall–Kier alpha value is -2.76. The molecule has 0 unspecified atom stereocenters. The third kappa shape index (κ3) is 3.59. The topological polar surface area (TPSA) is 74.8 Å². The lowest BCUT2D eigenvalue weighted by molar-refractivity contribution is -0.132. The molecule has 0 aliphatic carbocycles. The first-order valence-electron chi connectivity index (χ1n) is 9.27. The fourth-order valence-electron chi connectivity index (χ4n) is 3.77. The summed E-state index contributed by atoms with van der Waals surface area (Å²) in [6, 6.07) is 8.01. The van der Waals surface area contributed by atoms with Crippen LogP contribution in [0.3, 0.4) is 0 Å². The second kappa shape index (κ2) is 7.64. The van der Waals surface area contributed by atoms with Crippen LogP contribution in [0.1, 0.15) is 42.9 Å². The van der Waals surface area contributed by atoms with Gasteiger partial charge in [-0.25, -0.2) is 4.98 Å². The molecule has 0 spiro atoms. The van der Waals surface area contributed by atoms with Crippen LogP contribution in [0.5, 0.6) is 0 Å². The van der Waals surface area contributed by atoms with E-state index in [2.05, 4.69) is 26.2 Å². The molecule has 1 N–H and O–H groups in total. The van der Waals surface area contributed by atoms with Gasteiger partial charge in [-0.2, -0.15) is 5.10 Å². The normalized spacial score (nSPS) is 17.5. The first kappa shape index (κ1) is 16.7. The maximum atomic E-state index is 12.6. The number of H-pyrrole nitrogens is 1. The number of nitrogens with one attached hydrogen (secondary N) is 1. The molecule has 1 aliphatic rings. The minimum Gasteiger partial charge on any atom is -0.342 e. The first-order chi connectivity index (χ1) is 12.8. The highest BCUT2D eigenvalue weighted by molar-refractivity contribution is 5.79. The number of nitrogens with zero attached hydrogens (tertiary/aromatic N) is 4. The van der Waals surface area contributed by atoms with E-state index in [1.165, 1.54) is 5.56 Å². The average Bonchev–Trinajstić information content (AvgIpc) is 3.13. The second-order valence-corrected chi connectivity index (χ2v) is 6.90. The molecular weight excluding hydrogens is 326 g/mol. The van der Waals surface area contributed by atoms with Crippen molar-refractivity contribution in [3.63, 3.8) is 0 Å². The van der Waals surface area contributed by atoms with Crippen molar-refractivity contribution in [2.24, 2.45) is 0 Å². The molecule has 1 atom stereocenters. The van der Waals surface area contributed by atoms with Crippen LogP contribution in [0.4, 0.5) is 0 Å². The zero-order valence-electron chi connectivity index (χ0n) is 14.8. The van der Waals surface area contributed by atoms with Gasteiger partial charge >= 0.3 is 0 Å². The van der Waals surface area contributed by atoms with E-state index in [1.807, 2.05) is 23.1 Å². The maximum Gasteiger partial charge on any atom is 0.222 e. The first-order valence-corrected chi connectivity index (χ1v) is 9.27. The Bertz CT molecular complexity index is 876. The minimum absolute atomic E-state index is 0.255. The molecule has 3 aromatic rings. The van der Waals surface area contributed by atoms with Crippen molar-refractivity contribution in [3.8, 4) is 0 Å². The number of piperidine rings is 1. The molecule has 0 radical (unpaired) electrons. The van der Waals surface area contributed by atoms with E-state index in [0.717, 1.165) is 55.5 Å². The summed E-state index contributed by atoms with van der Waals surface area (Å²) in [5, 5.41) is 8.53. The molecule has 1 saturated heterocycles. The number of hydrogen-bond acceptors (Lipinski definition) is 4. The Balaban J connectivity index is 1.36. The summed E-state index contributed by atoms with van der Waals surface area (Å²) in [6.45, 7) is 1.62. The summed E-state index contributed by atoms with van der Waals surface area (Å²) < 4.78 is 0. The fourth-order valence-corrected chi connectivity index (χ4v) is 3.77. The van der Waals surface area contributed by atoms with Crippen LogP contribution in [0, 0.1) is 0 Å². The van der Waals surface area contributed by atoms with Gasteiger partial charge in [-0.15, -0.1) is 0 Å². The standard InChI is InChI=1S/C20H23N5O/c26-18(7-1-4-15-8-11-21-12-9-15)25-13-3-5-16(14-25)19-17-6-2-10-22-20(17)24-23-19/h2,6,8-12,16H,1,3-5,7,13-14H2,(H,22,23,24)/t16-/m1/s1. The van der Waals surface area contributed by atoms with Crippen molar-refractivity contribution in [1.82, 2.24) is 25.1 Å².